The fourth-order valence-electron chi connectivity index (χ4n) is 4.19. The molecule has 3 rings (SSSR count). The summed E-state index contributed by atoms with van der Waals surface area (Å²) in [5.74, 6) is -0.190. The molecule has 1 aliphatic rings. The van der Waals surface area contributed by atoms with Crippen molar-refractivity contribution in [2.45, 2.75) is 24.7 Å². The van der Waals surface area contributed by atoms with Crippen LogP contribution in [0.15, 0.2) is 54.6 Å². The lowest BCUT2D eigenvalue weighted by molar-refractivity contribution is 0.0781. The molecule has 2 aromatic rings. The Morgan fingerprint density at radius 3 is 2.00 bits per heavy atom. The molecule has 0 aliphatic carbocycles. The lowest BCUT2D eigenvalue weighted by atomic mass is 9.68. The number of hydrogen-bond donors (Lipinski definition) is 0. The van der Waals surface area contributed by atoms with Crippen molar-refractivity contribution in [2.24, 2.45) is 5.92 Å². The van der Waals surface area contributed by atoms with Crippen LogP contribution < -0.4 is 4.74 Å². The predicted octanol–water partition coefficient (Wildman–Crippen LogP) is 3.08. The van der Waals surface area contributed by atoms with E-state index in [4.69, 9.17) is 4.74 Å². The zero-order valence-electron chi connectivity index (χ0n) is 17.8. The van der Waals surface area contributed by atoms with E-state index in [-0.39, 0.29) is 36.7 Å². The molecule has 6 nitrogen and oxygen atoms in total. The van der Waals surface area contributed by atoms with E-state index in [9.17, 15) is 21.6 Å². The molecule has 0 amide bonds. The third kappa shape index (κ3) is 6.17. The Hall–Kier alpha value is -2.19. The number of ether oxygens (including phenoxy) is 1. The lowest BCUT2D eigenvalue weighted by Gasteiger charge is -2.38. The first-order valence-corrected chi connectivity index (χ1v) is 14.3. The Morgan fingerprint density at radius 1 is 0.871 bits per heavy atom. The minimum atomic E-state index is -3.29. The van der Waals surface area contributed by atoms with Gasteiger partial charge in [-0.15, -0.1) is 0 Å². The van der Waals surface area contributed by atoms with Crippen molar-refractivity contribution < 1.29 is 26.4 Å². The highest BCUT2D eigenvalue weighted by molar-refractivity contribution is 7.90. The van der Waals surface area contributed by atoms with Crippen LogP contribution >= 0.6 is 0 Å². The quantitative estimate of drug-likeness (QED) is 0.566. The van der Waals surface area contributed by atoms with E-state index in [0.717, 1.165) is 5.56 Å². The summed E-state index contributed by atoms with van der Waals surface area (Å²) >= 11 is 0. The van der Waals surface area contributed by atoms with Crippen molar-refractivity contribution in [1.82, 2.24) is 0 Å². The van der Waals surface area contributed by atoms with Crippen molar-refractivity contribution in [2.75, 3.05) is 30.6 Å². The third-order valence-electron chi connectivity index (χ3n) is 5.89. The van der Waals surface area contributed by atoms with Gasteiger partial charge in [0.05, 0.1) is 29.6 Å². The fourth-order valence-corrected chi connectivity index (χ4v) is 5.72. The topological polar surface area (TPSA) is 94.6 Å². The van der Waals surface area contributed by atoms with Crippen molar-refractivity contribution in [3.63, 3.8) is 0 Å². The van der Waals surface area contributed by atoms with Gasteiger partial charge in [0.1, 0.15) is 25.4 Å². The van der Waals surface area contributed by atoms with Gasteiger partial charge in [0.15, 0.2) is 5.78 Å². The van der Waals surface area contributed by atoms with Crippen LogP contribution in [0.1, 0.15) is 35.2 Å². The molecule has 1 atom stereocenters. The Labute approximate surface area is 184 Å². The molecule has 0 saturated heterocycles. The molecule has 1 heterocycles. The highest BCUT2D eigenvalue weighted by Gasteiger charge is 2.40. The molecule has 0 N–H and O–H groups in total. The number of benzene rings is 2. The summed E-state index contributed by atoms with van der Waals surface area (Å²) < 4.78 is 53.9. The van der Waals surface area contributed by atoms with E-state index >= 15 is 0 Å². The summed E-state index contributed by atoms with van der Waals surface area (Å²) in [6, 6.07) is 16.4. The normalized spacial score (nSPS) is 17.1. The minimum Gasteiger partial charge on any atom is -0.492 e. The maximum Gasteiger partial charge on any atom is 0.173 e. The highest BCUT2D eigenvalue weighted by Crippen LogP contribution is 2.41. The molecule has 8 heteroatoms. The zero-order valence-corrected chi connectivity index (χ0v) is 19.4. The second kappa shape index (κ2) is 9.12. The van der Waals surface area contributed by atoms with E-state index in [1.54, 1.807) is 24.3 Å². The van der Waals surface area contributed by atoms with E-state index in [0.29, 0.717) is 17.7 Å². The van der Waals surface area contributed by atoms with Crippen LogP contribution in [0.2, 0.25) is 0 Å². The van der Waals surface area contributed by atoms with Gasteiger partial charge in [0.2, 0.25) is 0 Å². The summed E-state index contributed by atoms with van der Waals surface area (Å²) in [5.41, 5.74) is 0.560. The van der Waals surface area contributed by atoms with Crippen LogP contribution in [0.25, 0.3) is 0 Å². The largest absolute Gasteiger partial charge is 0.492 e. The molecule has 0 aromatic heterocycles. The smallest absolute Gasteiger partial charge is 0.173 e. The summed E-state index contributed by atoms with van der Waals surface area (Å²) in [4.78, 5) is 13.2. The molecule has 1 aliphatic heterocycles. The van der Waals surface area contributed by atoms with Crippen molar-refractivity contribution in [1.29, 1.82) is 0 Å². The monoisotopic (exact) mass is 464 g/mol. The van der Waals surface area contributed by atoms with Crippen LogP contribution in [0.5, 0.6) is 5.75 Å². The van der Waals surface area contributed by atoms with Crippen molar-refractivity contribution in [3.05, 3.63) is 65.7 Å². The summed E-state index contributed by atoms with van der Waals surface area (Å²) in [5, 5.41) is 0. The number of carbonyl (C=O) groups is 1. The first-order valence-electron chi connectivity index (χ1n) is 10.2. The Kier molecular flexibility index (Phi) is 6.91. The van der Waals surface area contributed by atoms with Gasteiger partial charge in [-0.2, -0.15) is 0 Å². The fraction of sp³-hybridized carbons (Fsp3) is 0.435. The molecule has 0 bridgehead atoms. The van der Waals surface area contributed by atoms with Gasteiger partial charge in [-0.25, -0.2) is 16.8 Å². The molecule has 168 valence electrons. The molecule has 0 radical (unpaired) electrons. The maximum atomic E-state index is 13.2. The number of hydrogen-bond acceptors (Lipinski definition) is 6. The van der Waals surface area contributed by atoms with Gasteiger partial charge in [0.25, 0.3) is 0 Å². The highest BCUT2D eigenvalue weighted by atomic mass is 32.2. The molecule has 1 unspecified atom stereocenters. The summed E-state index contributed by atoms with van der Waals surface area (Å²) in [6.07, 6.45) is 3.12. The first kappa shape index (κ1) is 23.5. The van der Waals surface area contributed by atoms with Gasteiger partial charge < -0.3 is 4.74 Å². The van der Waals surface area contributed by atoms with Gasteiger partial charge in [-0.1, -0.05) is 42.5 Å². The van der Waals surface area contributed by atoms with E-state index in [1.807, 2.05) is 30.3 Å². The Bertz CT molecular complexity index is 1100. The van der Waals surface area contributed by atoms with E-state index in [2.05, 4.69) is 0 Å². The van der Waals surface area contributed by atoms with Gasteiger partial charge in [-0.3, -0.25) is 4.79 Å². The molecule has 0 spiro atoms. The van der Waals surface area contributed by atoms with Gasteiger partial charge in [0, 0.05) is 12.5 Å². The van der Waals surface area contributed by atoms with Crippen LogP contribution in [0.3, 0.4) is 0 Å². The van der Waals surface area contributed by atoms with Crippen molar-refractivity contribution >= 4 is 25.5 Å². The number of rotatable bonds is 9. The van der Waals surface area contributed by atoms with Crippen molar-refractivity contribution in [3.8, 4) is 5.75 Å². The Morgan fingerprint density at radius 2 is 1.42 bits per heavy atom. The minimum absolute atomic E-state index is 0.0548. The molecule has 2 aromatic carbocycles. The Balaban J connectivity index is 2.01. The van der Waals surface area contributed by atoms with Gasteiger partial charge >= 0.3 is 0 Å². The lowest BCUT2D eigenvalue weighted by Crippen LogP contribution is -2.39. The second-order valence-corrected chi connectivity index (χ2v) is 13.0. The number of Topliss-reactive ketones (excluding diaryl/α,β-unsaturated/α-hetero) is 1. The van der Waals surface area contributed by atoms with E-state index in [1.165, 1.54) is 12.5 Å². The molecule has 0 saturated carbocycles. The van der Waals surface area contributed by atoms with Crippen LogP contribution in [-0.4, -0.2) is 53.2 Å². The molecular formula is C23H28O6S2. The first-order chi connectivity index (χ1) is 14.5. The van der Waals surface area contributed by atoms with Gasteiger partial charge in [-0.05, 0) is 42.4 Å². The zero-order chi connectivity index (χ0) is 22.7. The van der Waals surface area contributed by atoms with Crippen LogP contribution in [0.4, 0.5) is 0 Å². The molecule has 0 fully saturated rings. The maximum absolute atomic E-state index is 13.2. The average Bonchev–Trinajstić information content (AvgIpc) is 2.71. The summed E-state index contributed by atoms with van der Waals surface area (Å²) in [7, 11) is -6.58. The number of carbonyl (C=O) groups excluding carboxylic acids is 1. The standard InChI is InChI=1S/C23H28O6S2/c1-30(25,26)14-12-23(13-15-31(2,27)28,19-8-4-3-5-9-19)16-18-17-29-21-11-7-6-10-20(21)22(18)24/h3-11,18H,12-17H2,1-2H3. The van der Waals surface area contributed by atoms with E-state index < -0.39 is 31.0 Å². The second-order valence-electron chi connectivity index (χ2n) is 8.48. The summed E-state index contributed by atoms with van der Waals surface area (Å²) in [6.45, 7) is 0.183. The average molecular weight is 465 g/mol. The van der Waals surface area contributed by atoms with Crippen LogP contribution in [0, 0.1) is 5.92 Å². The molecular weight excluding hydrogens is 436 g/mol. The number of para-hydroxylation sites is 1. The third-order valence-corrected chi connectivity index (χ3v) is 7.78. The number of fused-ring (bicyclic) bond motifs is 1. The number of ketones is 1. The number of sulfone groups is 2. The SMILES string of the molecule is CS(=O)(=O)CCC(CCS(C)(=O)=O)(CC1COc2ccccc2C1=O)c1ccccc1. The van der Waals surface area contributed by atoms with Crippen LogP contribution in [-0.2, 0) is 25.1 Å². The predicted molar refractivity (Wildman–Crippen MR) is 121 cm³/mol. The molecule has 31 heavy (non-hydrogen) atoms.